The highest BCUT2D eigenvalue weighted by Gasteiger charge is 2.32. The van der Waals surface area contributed by atoms with Crippen LogP contribution in [0.5, 0.6) is 11.5 Å². The number of aromatic nitrogens is 1. The van der Waals surface area contributed by atoms with E-state index in [1.54, 1.807) is 32.9 Å². The van der Waals surface area contributed by atoms with Crippen molar-refractivity contribution in [2.24, 2.45) is 5.92 Å². The maximum absolute atomic E-state index is 13.4. The third-order valence-corrected chi connectivity index (χ3v) is 7.95. The van der Waals surface area contributed by atoms with Crippen LogP contribution < -0.4 is 14.8 Å². The number of hydrogen-bond donors (Lipinski definition) is 1. The van der Waals surface area contributed by atoms with Gasteiger partial charge in [0.05, 0.1) is 16.7 Å². The zero-order chi connectivity index (χ0) is 33.9. The fourth-order valence-corrected chi connectivity index (χ4v) is 5.43. The summed E-state index contributed by atoms with van der Waals surface area (Å²) in [6, 6.07) is 9.14. The number of fused-ring (bicyclic) bond motifs is 1. The Bertz CT molecular complexity index is 1640. The maximum Gasteiger partial charge on any atom is 0.412 e. The number of rotatable bonds is 12. The summed E-state index contributed by atoms with van der Waals surface area (Å²) in [4.78, 5) is 44.2. The number of pyridine rings is 1. The minimum Gasteiger partial charge on any atom is -0.489 e. The lowest BCUT2D eigenvalue weighted by Gasteiger charge is -2.23. The van der Waals surface area contributed by atoms with Crippen LogP contribution in [0.4, 0.5) is 19.3 Å². The molecule has 47 heavy (non-hydrogen) atoms. The molecule has 0 unspecified atom stereocenters. The molecule has 10 nitrogen and oxygen atoms in total. The molecule has 1 aliphatic heterocycles. The Labute approximate surface area is 280 Å². The number of carbonyl (C=O) groups is 3. The van der Waals surface area contributed by atoms with Crippen molar-refractivity contribution in [2.75, 3.05) is 18.5 Å². The molecule has 250 valence electrons. The second-order valence-electron chi connectivity index (χ2n) is 12.3. The van der Waals surface area contributed by atoms with Gasteiger partial charge in [0.15, 0.2) is 11.5 Å². The fraction of sp³-hybridized carbons (Fsp3) is 0.394. The van der Waals surface area contributed by atoms with Crippen LogP contribution in [0.15, 0.2) is 48.8 Å². The van der Waals surface area contributed by atoms with Gasteiger partial charge in [-0.05, 0) is 80.5 Å². The molecule has 1 N–H and O–H groups in total. The van der Waals surface area contributed by atoms with E-state index in [-0.39, 0.29) is 34.5 Å². The number of halogens is 4. The van der Waals surface area contributed by atoms with E-state index in [1.807, 2.05) is 0 Å². The van der Waals surface area contributed by atoms with Crippen molar-refractivity contribution in [3.8, 4) is 11.5 Å². The Hall–Kier alpha value is -4.16. The summed E-state index contributed by atoms with van der Waals surface area (Å²) in [5.41, 5.74) is 1.50. The molecular formula is C33H33Cl2F2N3O7. The lowest BCUT2D eigenvalue weighted by atomic mass is 10.0. The molecule has 1 saturated carbocycles. The Morgan fingerprint density at radius 2 is 1.79 bits per heavy atom. The predicted molar refractivity (Wildman–Crippen MR) is 169 cm³/mol. The minimum atomic E-state index is -3.07. The molecule has 2 amide bonds. The molecule has 5 rings (SSSR count). The molecule has 1 atom stereocenters. The van der Waals surface area contributed by atoms with Crippen molar-refractivity contribution in [1.29, 1.82) is 0 Å². The van der Waals surface area contributed by atoms with Gasteiger partial charge in [-0.1, -0.05) is 35.3 Å². The first-order valence-corrected chi connectivity index (χ1v) is 15.6. The average Bonchev–Trinajstić information content (AvgIpc) is 3.76. The molecule has 1 aromatic heterocycles. The van der Waals surface area contributed by atoms with Crippen molar-refractivity contribution in [2.45, 2.75) is 64.9 Å². The summed E-state index contributed by atoms with van der Waals surface area (Å²) >= 11 is 12.8. The van der Waals surface area contributed by atoms with Crippen molar-refractivity contribution < 1.29 is 42.1 Å². The van der Waals surface area contributed by atoms with Gasteiger partial charge in [0.25, 0.3) is 5.91 Å². The minimum absolute atomic E-state index is 0.0108. The van der Waals surface area contributed by atoms with Crippen LogP contribution in [-0.2, 0) is 27.2 Å². The molecule has 3 aromatic rings. The van der Waals surface area contributed by atoms with E-state index in [9.17, 15) is 23.2 Å². The predicted octanol–water partition coefficient (Wildman–Crippen LogP) is 7.61. The topological polar surface area (TPSA) is 116 Å². The third kappa shape index (κ3) is 9.23. The van der Waals surface area contributed by atoms with Crippen LogP contribution in [-0.4, -0.2) is 53.2 Å². The lowest BCUT2D eigenvalue weighted by molar-refractivity contribution is -0.150. The summed E-state index contributed by atoms with van der Waals surface area (Å²) < 4.78 is 47.9. The van der Waals surface area contributed by atoms with Gasteiger partial charge >= 0.3 is 18.7 Å². The number of nitrogens with one attached hydrogen (secondary N) is 1. The maximum atomic E-state index is 13.4. The van der Waals surface area contributed by atoms with E-state index in [0.717, 1.165) is 12.8 Å². The van der Waals surface area contributed by atoms with E-state index < -0.39 is 42.8 Å². The van der Waals surface area contributed by atoms with Crippen LogP contribution >= 0.6 is 23.2 Å². The van der Waals surface area contributed by atoms with E-state index in [2.05, 4.69) is 15.0 Å². The summed E-state index contributed by atoms with van der Waals surface area (Å²) in [7, 11) is 0. The van der Waals surface area contributed by atoms with Gasteiger partial charge in [-0.25, -0.2) is 4.79 Å². The van der Waals surface area contributed by atoms with Crippen molar-refractivity contribution in [3.63, 3.8) is 0 Å². The molecule has 2 aliphatic rings. The SMILES string of the molecule is CC(C)(C)OC(=O)Nc1ccc2c(c1)C(=O)N(CC(=O)O[C@@H](Cc1c(Cl)cncc1Cl)c1ccc(OC(F)F)c(OCC3CC3)c1)C2. The molecule has 14 heteroatoms. The molecule has 1 fully saturated rings. The van der Waals surface area contributed by atoms with Gasteiger partial charge in [-0.15, -0.1) is 0 Å². The molecule has 2 aromatic carbocycles. The van der Waals surface area contributed by atoms with Crippen LogP contribution in [0.1, 0.15) is 66.8 Å². The molecule has 1 aliphatic carbocycles. The number of amides is 2. The van der Waals surface area contributed by atoms with E-state index >= 15 is 0 Å². The van der Waals surface area contributed by atoms with Gasteiger partial charge in [0.2, 0.25) is 0 Å². The van der Waals surface area contributed by atoms with Crippen molar-refractivity contribution >= 4 is 46.9 Å². The Morgan fingerprint density at radius 3 is 2.45 bits per heavy atom. The second-order valence-corrected chi connectivity index (χ2v) is 13.1. The van der Waals surface area contributed by atoms with Gasteiger partial charge < -0.3 is 23.8 Å². The van der Waals surface area contributed by atoms with Gasteiger partial charge in [0.1, 0.15) is 18.2 Å². The molecule has 2 heterocycles. The molecule has 0 saturated heterocycles. The zero-order valence-corrected chi connectivity index (χ0v) is 27.4. The number of esters is 1. The van der Waals surface area contributed by atoms with Crippen molar-refractivity contribution in [1.82, 2.24) is 9.88 Å². The van der Waals surface area contributed by atoms with Gasteiger partial charge in [-0.2, -0.15) is 8.78 Å². The molecule has 0 spiro atoms. The summed E-state index contributed by atoms with van der Waals surface area (Å²) in [6.07, 6.45) is 3.09. The van der Waals surface area contributed by atoms with Gasteiger partial charge in [0, 0.05) is 36.6 Å². The number of hydrogen-bond acceptors (Lipinski definition) is 8. The Morgan fingerprint density at radius 1 is 1.06 bits per heavy atom. The summed E-state index contributed by atoms with van der Waals surface area (Å²) in [5.74, 6) is -0.921. The van der Waals surface area contributed by atoms with Gasteiger partial charge in [-0.3, -0.25) is 19.9 Å². The third-order valence-electron chi connectivity index (χ3n) is 7.30. The Balaban J connectivity index is 1.34. The standard InChI is InChI=1S/C33H33Cl2F2N3O7/c1-33(2,3)47-32(43)39-21-8-6-20-15-40(30(42)22(20)11-21)16-29(41)45-27(12-23-24(34)13-38-14-25(23)35)19-7-9-26(46-31(36)37)28(10-19)44-17-18-4-5-18/h6-11,13-14,18,27,31H,4-5,12,15-17H2,1-3H3,(H,39,43)/t27-/m0/s1. The van der Waals surface area contributed by atoms with Crippen LogP contribution in [0.2, 0.25) is 10.0 Å². The summed E-state index contributed by atoms with van der Waals surface area (Å²) in [6.45, 7) is 2.20. The van der Waals surface area contributed by atoms with E-state index in [0.29, 0.717) is 40.5 Å². The number of carbonyl (C=O) groups excluding carboxylic acids is 3. The largest absolute Gasteiger partial charge is 0.489 e. The number of benzene rings is 2. The molecule has 0 bridgehead atoms. The zero-order valence-electron chi connectivity index (χ0n) is 25.9. The van der Waals surface area contributed by atoms with Crippen LogP contribution in [0.3, 0.4) is 0 Å². The number of ether oxygens (including phenoxy) is 4. The lowest BCUT2D eigenvalue weighted by Crippen LogP contribution is -2.32. The second kappa shape index (κ2) is 14.3. The van der Waals surface area contributed by atoms with E-state index in [1.165, 1.54) is 41.6 Å². The quantitative estimate of drug-likeness (QED) is 0.193. The highest BCUT2D eigenvalue weighted by atomic mass is 35.5. The van der Waals surface area contributed by atoms with Crippen LogP contribution in [0.25, 0.3) is 0 Å². The molecular weight excluding hydrogens is 659 g/mol. The number of anilines is 1. The monoisotopic (exact) mass is 691 g/mol. The summed E-state index contributed by atoms with van der Waals surface area (Å²) in [5, 5.41) is 3.08. The highest BCUT2D eigenvalue weighted by molar-refractivity contribution is 6.35. The van der Waals surface area contributed by atoms with Crippen molar-refractivity contribution in [3.05, 3.63) is 81.1 Å². The molecule has 0 radical (unpaired) electrons. The first kappa shape index (κ1) is 34.2. The number of nitrogens with zero attached hydrogens (tertiary/aromatic N) is 2. The normalized spacial score (nSPS) is 14.9. The average molecular weight is 693 g/mol. The smallest absolute Gasteiger partial charge is 0.412 e. The van der Waals surface area contributed by atoms with Crippen LogP contribution in [0, 0.1) is 5.92 Å². The fourth-order valence-electron chi connectivity index (χ4n) is 4.91. The first-order chi connectivity index (χ1) is 22.3. The highest BCUT2D eigenvalue weighted by Crippen LogP contribution is 2.38. The number of alkyl halides is 2. The Kier molecular flexibility index (Phi) is 10.4. The first-order valence-electron chi connectivity index (χ1n) is 14.9. The van der Waals surface area contributed by atoms with E-state index in [4.69, 9.17) is 37.4 Å².